The van der Waals surface area contributed by atoms with E-state index in [2.05, 4.69) is 31.3 Å². The topological polar surface area (TPSA) is 30.5 Å². The minimum absolute atomic E-state index is 0.358. The first-order valence-electron chi connectivity index (χ1n) is 8.35. The lowest BCUT2D eigenvalue weighted by atomic mass is 9.99. The highest BCUT2D eigenvalue weighted by Crippen LogP contribution is 2.49. The van der Waals surface area contributed by atoms with Crippen molar-refractivity contribution in [1.82, 2.24) is 5.32 Å². The molecule has 1 fully saturated rings. The molecule has 1 aromatic carbocycles. The van der Waals surface area contributed by atoms with Crippen molar-refractivity contribution in [2.45, 2.75) is 52.0 Å². The largest absolute Gasteiger partial charge is 0.490 e. The van der Waals surface area contributed by atoms with Crippen molar-refractivity contribution >= 4 is 0 Å². The van der Waals surface area contributed by atoms with Gasteiger partial charge in [0.25, 0.3) is 0 Å². The minimum atomic E-state index is 0.358. The molecule has 0 radical (unpaired) electrons. The smallest absolute Gasteiger partial charge is 0.161 e. The van der Waals surface area contributed by atoms with Crippen molar-refractivity contribution in [2.24, 2.45) is 5.41 Å². The Labute approximate surface area is 128 Å². The van der Waals surface area contributed by atoms with Gasteiger partial charge in [-0.2, -0.15) is 0 Å². The molecular formula is C18H27NO2. The van der Waals surface area contributed by atoms with Crippen LogP contribution in [0.4, 0.5) is 0 Å². The zero-order valence-corrected chi connectivity index (χ0v) is 13.3. The molecule has 3 nitrogen and oxygen atoms in total. The molecule has 1 N–H and O–H groups in total. The van der Waals surface area contributed by atoms with E-state index in [9.17, 15) is 0 Å². The van der Waals surface area contributed by atoms with Crippen molar-refractivity contribution in [3.05, 3.63) is 23.8 Å². The first-order valence-corrected chi connectivity index (χ1v) is 8.35. The second kappa shape index (κ2) is 6.27. The number of hydrogen-bond donors (Lipinski definition) is 1. The molecule has 1 unspecified atom stereocenters. The first-order chi connectivity index (χ1) is 10.2. The van der Waals surface area contributed by atoms with Gasteiger partial charge in [-0.15, -0.1) is 0 Å². The molecule has 116 valence electrons. The van der Waals surface area contributed by atoms with Gasteiger partial charge in [-0.05, 0) is 49.3 Å². The average Bonchev–Trinajstić information content (AvgIpc) is 3.28. The van der Waals surface area contributed by atoms with Crippen LogP contribution in [0.1, 0.15) is 57.6 Å². The van der Waals surface area contributed by atoms with Crippen LogP contribution >= 0.6 is 0 Å². The van der Waals surface area contributed by atoms with Crippen LogP contribution in [0.15, 0.2) is 18.2 Å². The van der Waals surface area contributed by atoms with Gasteiger partial charge in [-0.1, -0.05) is 19.4 Å². The van der Waals surface area contributed by atoms with Crippen molar-refractivity contribution in [3.63, 3.8) is 0 Å². The maximum atomic E-state index is 5.78. The summed E-state index contributed by atoms with van der Waals surface area (Å²) in [5, 5.41) is 3.71. The molecule has 0 saturated heterocycles. The molecule has 1 atom stereocenters. The molecule has 1 aliphatic carbocycles. The predicted molar refractivity (Wildman–Crippen MR) is 85.0 cm³/mol. The van der Waals surface area contributed by atoms with Crippen LogP contribution in [0.2, 0.25) is 0 Å². The van der Waals surface area contributed by atoms with E-state index in [1.807, 2.05) is 6.07 Å². The Morgan fingerprint density at radius 2 is 1.95 bits per heavy atom. The third-order valence-corrected chi connectivity index (χ3v) is 4.79. The Kier molecular flexibility index (Phi) is 4.39. The van der Waals surface area contributed by atoms with Crippen LogP contribution in [-0.4, -0.2) is 19.8 Å². The van der Waals surface area contributed by atoms with Crippen molar-refractivity contribution < 1.29 is 9.47 Å². The van der Waals surface area contributed by atoms with E-state index in [1.165, 1.54) is 31.2 Å². The summed E-state index contributed by atoms with van der Waals surface area (Å²) in [7, 11) is 0. The fourth-order valence-corrected chi connectivity index (χ4v) is 3.16. The Balaban J connectivity index is 1.62. The highest BCUT2D eigenvalue weighted by Gasteiger charge is 2.41. The maximum absolute atomic E-state index is 5.78. The standard InChI is InChI=1S/C18H27NO2/c1-3-7-18(8-9-18)13-19-14(2)15-5-6-16-17(12-15)21-11-4-10-20-16/h5-6,12,14,19H,3-4,7-11,13H2,1-2H3. The second-order valence-corrected chi connectivity index (χ2v) is 6.61. The van der Waals surface area contributed by atoms with E-state index in [4.69, 9.17) is 9.47 Å². The summed E-state index contributed by atoms with van der Waals surface area (Å²) in [5.41, 5.74) is 1.88. The molecule has 2 aliphatic rings. The number of benzene rings is 1. The van der Waals surface area contributed by atoms with Gasteiger partial charge in [-0.25, -0.2) is 0 Å². The molecule has 1 saturated carbocycles. The molecule has 0 amide bonds. The Hall–Kier alpha value is -1.22. The average molecular weight is 289 g/mol. The highest BCUT2D eigenvalue weighted by molar-refractivity contribution is 5.44. The highest BCUT2D eigenvalue weighted by atomic mass is 16.5. The lowest BCUT2D eigenvalue weighted by Crippen LogP contribution is -2.26. The van der Waals surface area contributed by atoms with Crippen LogP contribution in [-0.2, 0) is 0 Å². The Morgan fingerprint density at radius 1 is 1.19 bits per heavy atom. The van der Waals surface area contributed by atoms with E-state index in [-0.39, 0.29) is 0 Å². The molecule has 3 rings (SSSR count). The zero-order chi connectivity index (χ0) is 14.7. The third kappa shape index (κ3) is 3.52. The van der Waals surface area contributed by atoms with E-state index < -0.39 is 0 Å². The number of nitrogens with one attached hydrogen (secondary N) is 1. The van der Waals surface area contributed by atoms with E-state index in [0.29, 0.717) is 11.5 Å². The zero-order valence-electron chi connectivity index (χ0n) is 13.3. The molecule has 0 aromatic heterocycles. The van der Waals surface area contributed by atoms with Crippen LogP contribution < -0.4 is 14.8 Å². The van der Waals surface area contributed by atoms with Gasteiger partial charge >= 0.3 is 0 Å². The van der Waals surface area contributed by atoms with E-state index in [0.717, 1.165) is 37.7 Å². The van der Waals surface area contributed by atoms with Crippen LogP contribution in [0.3, 0.4) is 0 Å². The quantitative estimate of drug-likeness (QED) is 0.856. The van der Waals surface area contributed by atoms with Gasteiger partial charge in [-0.3, -0.25) is 0 Å². The number of fused-ring (bicyclic) bond motifs is 1. The lowest BCUT2D eigenvalue weighted by Gasteiger charge is -2.20. The van der Waals surface area contributed by atoms with Gasteiger partial charge in [0, 0.05) is 19.0 Å². The number of ether oxygens (including phenoxy) is 2. The number of rotatable bonds is 6. The SMILES string of the molecule is CCCC1(CNC(C)c2ccc3c(c2)OCCCO3)CC1. The predicted octanol–water partition coefficient (Wildman–Crippen LogP) is 4.08. The van der Waals surface area contributed by atoms with Crippen LogP contribution in [0.25, 0.3) is 0 Å². The van der Waals surface area contributed by atoms with E-state index >= 15 is 0 Å². The molecule has 0 spiro atoms. The van der Waals surface area contributed by atoms with Gasteiger partial charge in [0.05, 0.1) is 13.2 Å². The summed E-state index contributed by atoms with van der Waals surface area (Å²) in [4.78, 5) is 0. The van der Waals surface area contributed by atoms with Gasteiger partial charge in [0.15, 0.2) is 11.5 Å². The van der Waals surface area contributed by atoms with E-state index in [1.54, 1.807) is 0 Å². The van der Waals surface area contributed by atoms with Gasteiger partial charge in [0.1, 0.15) is 0 Å². The van der Waals surface area contributed by atoms with Crippen LogP contribution in [0, 0.1) is 5.41 Å². The lowest BCUT2D eigenvalue weighted by molar-refractivity contribution is 0.297. The van der Waals surface area contributed by atoms with Crippen molar-refractivity contribution in [2.75, 3.05) is 19.8 Å². The molecule has 3 heteroatoms. The third-order valence-electron chi connectivity index (χ3n) is 4.79. The summed E-state index contributed by atoms with van der Waals surface area (Å²) in [6.45, 7) is 7.16. The van der Waals surface area contributed by atoms with Gasteiger partial charge in [0.2, 0.25) is 0 Å². The first kappa shape index (κ1) is 14.7. The van der Waals surface area contributed by atoms with Crippen LogP contribution in [0.5, 0.6) is 11.5 Å². The summed E-state index contributed by atoms with van der Waals surface area (Å²) in [6, 6.07) is 6.70. The summed E-state index contributed by atoms with van der Waals surface area (Å²) < 4.78 is 11.5. The molecule has 1 aromatic rings. The molecule has 21 heavy (non-hydrogen) atoms. The molecule has 1 aliphatic heterocycles. The second-order valence-electron chi connectivity index (χ2n) is 6.61. The van der Waals surface area contributed by atoms with Gasteiger partial charge < -0.3 is 14.8 Å². The van der Waals surface area contributed by atoms with Crippen molar-refractivity contribution in [1.29, 1.82) is 0 Å². The molecular weight excluding hydrogens is 262 g/mol. The molecule has 1 heterocycles. The Bertz CT molecular complexity index is 482. The fourth-order valence-electron chi connectivity index (χ4n) is 3.16. The number of hydrogen-bond acceptors (Lipinski definition) is 3. The normalized spacial score (nSPS) is 20.7. The fraction of sp³-hybridized carbons (Fsp3) is 0.667. The van der Waals surface area contributed by atoms with Crippen molar-refractivity contribution in [3.8, 4) is 11.5 Å². The summed E-state index contributed by atoms with van der Waals surface area (Å²) in [5.74, 6) is 1.78. The minimum Gasteiger partial charge on any atom is -0.490 e. The summed E-state index contributed by atoms with van der Waals surface area (Å²) in [6.07, 6.45) is 6.38. The maximum Gasteiger partial charge on any atom is 0.161 e. The monoisotopic (exact) mass is 289 g/mol. The summed E-state index contributed by atoms with van der Waals surface area (Å²) >= 11 is 0. The molecule has 0 bridgehead atoms. The Morgan fingerprint density at radius 3 is 2.67 bits per heavy atom.